The van der Waals surface area contributed by atoms with Gasteiger partial charge < -0.3 is 4.42 Å². The number of aromatic nitrogens is 2. The SMILES string of the molecule is CCc1n(C(c2ccccc2)c2cc3ccccc3o2)cc[n+]1CC(=O)c1ccc(Br)cc1. The monoisotopic (exact) mass is 499 g/mol. The smallest absolute Gasteiger partial charge is 0.257 e. The molecular weight excluding hydrogens is 476 g/mol. The van der Waals surface area contributed by atoms with Crippen LogP contribution in [0, 0.1) is 0 Å². The van der Waals surface area contributed by atoms with E-state index < -0.39 is 0 Å². The molecule has 164 valence electrons. The molecule has 1 unspecified atom stereocenters. The number of rotatable bonds is 7. The molecule has 5 heteroatoms. The first-order valence-corrected chi connectivity index (χ1v) is 11.8. The number of furan rings is 1. The van der Waals surface area contributed by atoms with Crippen LogP contribution in [0.2, 0.25) is 0 Å². The van der Waals surface area contributed by atoms with Gasteiger partial charge in [0.25, 0.3) is 5.82 Å². The van der Waals surface area contributed by atoms with Crippen molar-refractivity contribution in [3.63, 3.8) is 0 Å². The summed E-state index contributed by atoms with van der Waals surface area (Å²) in [6, 6.07) is 27.9. The minimum Gasteiger partial charge on any atom is -0.456 e. The Labute approximate surface area is 201 Å². The van der Waals surface area contributed by atoms with Gasteiger partial charge in [-0.3, -0.25) is 4.79 Å². The molecule has 2 heterocycles. The number of imidazole rings is 1. The number of carbonyl (C=O) groups excluding carboxylic acids is 1. The Bertz CT molecular complexity index is 1370. The van der Waals surface area contributed by atoms with E-state index in [1.165, 1.54) is 0 Å². The predicted molar refractivity (Wildman–Crippen MR) is 132 cm³/mol. The lowest BCUT2D eigenvalue weighted by Crippen LogP contribution is -2.41. The van der Waals surface area contributed by atoms with Crippen LogP contribution in [0.1, 0.15) is 40.5 Å². The fourth-order valence-corrected chi connectivity index (χ4v) is 4.62. The summed E-state index contributed by atoms with van der Waals surface area (Å²) in [5.74, 6) is 2.02. The molecule has 2 aromatic heterocycles. The number of Topliss-reactive ketones (excluding diaryl/α,β-unsaturated/α-hetero) is 1. The largest absolute Gasteiger partial charge is 0.456 e. The normalized spacial score (nSPS) is 12.2. The number of halogens is 1. The van der Waals surface area contributed by atoms with Gasteiger partial charge >= 0.3 is 0 Å². The molecule has 5 aromatic rings. The Hall–Kier alpha value is -3.44. The van der Waals surface area contributed by atoms with Crippen molar-refractivity contribution in [3.8, 4) is 0 Å². The average molecular weight is 500 g/mol. The van der Waals surface area contributed by atoms with Crippen LogP contribution >= 0.6 is 15.9 Å². The van der Waals surface area contributed by atoms with E-state index in [1.807, 2.05) is 71.4 Å². The predicted octanol–water partition coefficient (Wildman–Crippen LogP) is 6.37. The van der Waals surface area contributed by atoms with E-state index in [9.17, 15) is 4.79 Å². The van der Waals surface area contributed by atoms with Crippen molar-refractivity contribution in [2.75, 3.05) is 0 Å². The average Bonchev–Trinajstić information content (AvgIpc) is 3.44. The van der Waals surface area contributed by atoms with Crippen molar-refractivity contribution < 1.29 is 13.8 Å². The molecular formula is C28H24BrN2O2+. The molecule has 0 amide bonds. The summed E-state index contributed by atoms with van der Waals surface area (Å²) in [6.07, 6.45) is 4.83. The maximum absolute atomic E-state index is 13.0. The van der Waals surface area contributed by atoms with Crippen molar-refractivity contribution in [1.82, 2.24) is 4.57 Å². The second-order valence-electron chi connectivity index (χ2n) is 8.03. The minimum atomic E-state index is -0.127. The molecule has 0 N–H and O–H groups in total. The summed E-state index contributed by atoms with van der Waals surface area (Å²) in [6.45, 7) is 2.41. The van der Waals surface area contributed by atoms with Gasteiger partial charge in [0, 0.05) is 27.4 Å². The highest BCUT2D eigenvalue weighted by Crippen LogP contribution is 2.32. The standard InChI is InChI=1S/C28H24BrN2O2/c1-2-27-30(19-24(32)20-12-14-23(29)15-13-20)16-17-31(27)28(21-8-4-3-5-9-21)26-18-22-10-6-7-11-25(22)33-26/h3-18,28H,2,19H2,1H3/q+1. The second-order valence-corrected chi connectivity index (χ2v) is 8.95. The molecule has 0 saturated heterocycles. The van der Waals surface area contributed by atoms with Crippen LogP contribution in [0.15, 0.2) is 106 Å². The van der Waals surface area contributed by atoms with Crippen LogP contribution in [-0.2, 0) is 13.0 Å². The van der Waals surface area contributed by atoms with Gasteiger partial charge in [0.2, 0.25) is 5.78 Å². The highest BCUT2D eigenvalue weighted by Gasteiger charge is 2.30. The summed E-state index contributed by atoms with van der Waals surface area (Å²) in [5.41, 5.74) is 2.71. The number of hydrogen-bond donors (Lipinski definition) is 0. The van der Waals surface area contributed by atoms with E-state index in [1.54, 1.807) is 0 Å². The second kappa shape index (κ2) is 9.20. The van der Waals surface area contributed by atoms with E-state index in [0.717, 1.165) is 39.0 Å². The summed E-state index contributed by atoms with van der Waals surface area (Å²) in [7, 11) is 0. The Kier molecular flexibility index (Phi) is 5.97. The molecule has 0 saturated carbocycles. The quantitative estimate of drug-likeness (QED) is 0.193. The molecule has 0 bridgehead atoms. The van der Waals surface area contributed by atoms with Crippen molar-refractivity contribution in [1.29, 1.82) is 0 Å². The Morgan fingerprint density at radius 3 is 2.45 bits per heavy atom. The van der Waals surface area contributed by atoms with Crippen LogP contribution in [0.5, 0.6) is 0 Å². The number of carbonyl (C=O) groups is 1. The lowest BCUT2D eigenvalue weighted by Gasteiger charge is -2.14. The lowest BCUT2D eigenvalue weighted by atomic mass is 10.0. The zero-order chi connectivity index (χ0) is 22.8. The molecule has 0 aliphatic heterocycles. The van der Waals surface area contributed by atoms with Gasteiger partial charge in [-0.15, -0.1) is 0 Å². The Morgan fingerprint density at radius 1 is 1.00 bits per heavy atom. The first kappa shape index (κ1) is 21.4. The van der Waals surface area contributed by atoms with Crippen LogP contribution in [0.3, 0.4) is 0 Å². The van der Waals surface area contributed by atoms with Gasteiger partial charge in [-0.05, 0) is 24.3 Å². The summed E-state index contributed by atoms with van der Waals surface area (Å²) in [4.78, 5) is 13.0. The number of nitrogens with zero attached hydrogens (tertiary/aromatic N) is 2. The van der Waals surface area contributed by atoms with Gasteiger partial charge in [-0.25, -0.2) is 9.13 Å². The zero-order valence-corrected chi connectivity index (χ0v) is 19.9. The lowest BCUT2D eigenvalue weighted by molar-refractivity contribution is -0.690. The molecule has 4 nitrogen and oxygen atoms in total. The van der Waals surface area contributed by atoms with Gasteiger partial charge in [-0.1, -0.05) is 83.5 Å². The van der Waals surface area contributed by atoms with Crippen LogP contribution in [0.4, 0.5) is 0 Å². The van der Waals surface area contributed by atoms with Crippen LogP contribution in [0.25, 0.3) is 11.0 Å². The fraction of sp³-hybridized carbons (Fsp3) is 0.143. The topological polar surface area (TPSA) is 39.0 Å². The number of benzene rings is 3. The number of ketones is 1. The van der Waals surface area contributed by atoms with Crippen molar-refractivity contribution in [2.45, 2.75) is 25.9 Å². The third kappa shape index (κ3) is 4.29. The highest BCUT2D eigenvalue weighted by atomic mass is 79.9. The number of hydrogen-bond acceptors (Lipinski definition) is 2. The van der Waals surface area contributed by atoms with Crippen LogP contribution in [-0.4, -0.2) is 10.4 Å². The fourth-order valence-electron chi connectivity index (χ4n) is 4.35. The number of fused-ring (bicyclic) bond motifs is 1. The molecule has 33 heavy (non-hydrogen) atoms. The van der Waals surface area contributed by atoms with E-state index in [4.69, 9.17) is 4.42 Å². The van der Waals surface area contributed by atoms with Gasteiger partial charge in [0.15, 0.2) is 18.3 Å². The third-order valence-electron chi connectivity index (χ3n) is 5.94. The molecule has 0 spiro atoms. The maximum Gasteiger partial charge on any atom is 0.257 e. The van der Waals surface area contributed by atoms with Gasteiger partial charge in [0.05, 0.1) is 0 Å². The van der Waals surface area contributed by atoms with E-state index >= 15 is 0 Å². The zero-order valence-electron chi connectivity index (χ0n) is 18.3. The van der Waals surface area contributed by atoms with Gasteiger partial charge in [-0.2, -0.15) is 0 Å². The van der Waals surface area contributed by atoms with E-state index in [2.05, 4.69) is 57.9 Å². The molecule has 0 aliphatic carbocycles. The maximum atomic E-state index is 13.0. The van der Waals surface area contributed by atoms with Crippen LogP contribution < -0.4 is 4.57 Å². The van der Waals surface area contributed by atoms with Gasteiger partial charge in [0.1, 0.15) is 18.0 Å². The first-order chi connectivity index (χ1) is 16.1. The molecule has 5 rings (SSSR count). The van der Waals surface area contributed by atoms with E-state index in [0.29, 0.717) is 12.1 Å². The number of para-hydroxylation sites is 1. The van der Waals surface area contributed by atoms with Crippen molar-refractivity contribution >= 4 is 32.7 Å². The first-order valence-electron chi connectivity index (χ1n) is 11.1. The Morgan fingerprint density at radius 2 is 1.73 bits per heavy atom. The van der Waals surface area contributed by atoms with Crippen molar-refractivity contribution in [3.05, 3.63) is 125 Å². The third-order valence-corrected chi connectivity index (χ3v) is 6.47. The summed E-state index contributed by atoms with van der Waals surface area (Å²) < 4.78 is 11.5. The summed E-state index contributed by atoms with van der Waals surface area (Å²) >= 11 is 3.43. The molecule has 0 aliphatic rings. The highest BCUT2D eigenvalue weighted by molar-refractivity contribution is 9.10. The molecule has 3 aromatic carbocycles. The molecule has 0 radical (unpaired) electrons. The van der Waals surface area contributed by atoms with E-state index in [-0.39, 0.29) is 11.8 Å². The summed E-state index contributed by atoms with van der Waals surface area (Å²) in [5, 5.41) is 1.08. The minimum absolute atomic E-state index is 0.0833. The molecule has 0 fully saturated rings. The Balaban J connectivity index is 1.56. The molecule has 1 atom stereocenters. The van der Waals surface area contributed by atoms with Crippen molar-refractivity contribution in [2.24, 2.45) is 0 Å².